The van der Waals surface area contributed by atoms with Gasteiger partial charge in [-0.15, -0.1) is 11.3 Å². The number of nitrogens with zero attached hydrogens (tertiary/aromatic N) is 1. The number of aromatic nitrogens is 1. The number of carbonyl (C=O) groups excluding carboxylic acids is 1. The van der Waals surface area contributed by atoms with Gasteiger partial charge >= 0.3 is 0 Å². The minimum atomic E-state index is -0.0924. The molecule has 6 heteroatoms. The molecule has 0 aliphatic carbocycles. The number of anilines is 1. The molecule has 1 heterocycles. The van der Waals surface area contributed by atoms with Gasteiger partial charge in [0.15, 0.2) is 5.13 Å². The van der Waals surface area contributed by atoms with Gasteiger partial charge in [-0.3, -0.25) is 4.79 Å². The zero-order chi connectivity index (χ0) is 16.1. The van der Waals surface area contributed by atoms with Gasteiger partial charge in [0.1, 0.15) is 0 Å². The second kappa shape index (κ2) is 7.85. The van der Waals surface area contributed by atoms with Crippen LogP contribution >= 0.6 is 27.3 Å². The predicted octanol–water partition coefficient (Wildman–Crippen LogP) is 4.17. The summed E-state index contributed by atoms with van der Waals surface area (Å²) < 4.78 is 6.19. The standard InChI is InChI=1S/C16H19BrN2O2S/c1-10-6-12(4-5-14(10)17)8-13-9-18-16(22-13)19-15(20)7-11(2)21-3/h4-6,9,11H,7-8H2,1-3H3,(H,18,19,20). The van der Waals surface area contributed by atoms with E-state index < -0.39 is 0 Å². The Bertz CT molecular complexity index is 657. The molecule has 0 aliphatic rings. The van der Waals surface area contributed by atoms with Crippen molar-refractivity contribution in [3.63, 3.8) is 0 Å². The van der Waals surface area contributed by atoms with E-state index in [1.807, 2.05) is 13.1 Å². The lowest BCUT2D eigenvalue weighted by molar-refractivity contribution is -0.118. The van der Waals surface area contributed by atoms with Crippen LogP contribution in [0.25, 0.3) is 0 Å². The van der Waals surface area contributed by atoms with Gasteiger partial charge in [-0.25, -0.2) is 4.98 Å². The fourth-order valence-electron chi connectivity index (χ4n) is 1.98. The highest BCUT2D eigenvalue weighted by molar-refractivity contribution is 9.10. The Kier molecular flexibility index (Phi) is 6.11. The Morgan fingerprint density at radius 2 is 2.27 bits per heavy atom. The van der Waals surface area contributed by atoms with E-state index in [1.165, 1.54) is 22.5 Å². The summed E-state index contributed by atoms with van der Waals surface area (Å²) in [7, 11) is 1.60. The molecule has 1 unspecified atom stereocenters. The third-order valence-corrected chi connectivity index (χ3v) is 5.08. The maximum atomic E-state index is 11.8. The van der Waals surface area contributed by atoms with Crippen molar-refractivity contribution in [1.29, 1.82) is 0 Å². The molecule has 1 amide bonds. The van der Waals surface area contributed by atoms with Gasteiger partial charge in [0.2, 0.25) is 5.91 Å². The number of hydrogen-bond acceptors (Lipinski definition) is 4. The molecule has 22 heavy (non-hydrogen) atoms. The third kappa shape index (κ3) is 4.90. The SMILES string of the molecule is COC(C)CC(=O)Nc1ncc(Cc2ccc(Br)c(C)c2)s1. The molecule has 0 saturated heterocycles. The van der Waals surface area contributed by atoms with Gasteiger partial charge < -0.3 is 10.1 Å². The molecular formula is C16H19BrN2O2S. The molecule has 1 aromatic carbocycles. The summed E-state index contributed by atoms with van der Waals surface area (Å²) in [5, 5.41) is 3.45. The molecule has 2 aromatic rings. The average molecular weight is 383 g/mol. The molecule has 1 aromatic heterocycles. The first-order valence-corrected chi connectivity index (χ1v) is 8.61. The quantitative estimate of drug-likeness (QED) is 0.815. The fourth-order valence-corrected chi connectivity index (χ4v) is 3.09. The van der Waals surface area contributed by atoms with Crippen LogP contribution in [-0.4, -0.2) is 24.1 Å². The van der Waals surface area contributed by atoms with Crippen molar-refractivity contribution < 1.29 is 9.53 Å². The highest BCUT2D eigenvalue weighted by Gasteiger charge is 2.11. The van der Waals surface area contributed by atoms with E-state index in [-0.39, 0.29) is 12.0 Å². The lowest BCUT2D eigenvalue weighted by Crippen LogP contribution is -2.18. The number of benzene rings is 1. The summed E-state index contributed by atoms with van der Waals surface area (Å²) >= 11 is 5.01. The first-order valence-electron chi connectivity index (χ1n) is 7.00. The highest BCUT2D eigenvalue weighted by atomic mass is 79.9. The van der Waals surface area contributed by atoms with Gasteiger partial charge in [-0.2, -0.15) is 0 Å². The van der Waals surface area contributed by atoms with Crippen molar-refractivity contribution >= 4 is 38.3 Å². The van der Waals surface area contributed by atoms with E-state index in [4.69, 9.17) is 4.74 Å². The monoisotopic (exact) mass is 382 g/mol. The number of nitrogens with one attached hydrogen (secondary N) is 1. The van der Waals surface area contributed by atoms with E-state index in [0.29, 0.717) is 11.6 Å². The van der Waals surface area contributed by atoms with Crippen LogP contribution in [-0.2, 0) is 16.0 Å². The second-order valence-electron chi connectivity index (χ2n) is 5.19. The Labute approximate surface area is 143 Å². The first kappa shape index (κ1) is 17.1. The maximum absolute atomic E-state index is 11.8. The number of ether oxygens (including phenoxy) is 1. The average Bonchev–Trinajstić information content (AvgIpc) is 2.89. The Morgan fingerprint density at radius 3 is 2.95 bits per heavy atom. The lowest BCUT2D eigenvalue weighted by atomic mass is 10.1. The smallest absolute Gasteiger partial charge is 0.228 e. The number of carbonyl (C=O) groups is 1. The molecule has 0 spiro atoms. The van der Waals surface area contributed by atoms with Crippen LogP contribution in [0.3, 0.4) is 0 Å². The van der Waals surface area contributed by atoms with Crippen LogP contribution in [0.5, 0.6) is 0 Å². The van der Waals surface area contributed by atoms with Gasteiger partial charge in [0, 0.05) is 29.1 Å². The largest absolute Gasteiger partial charge is 0.381 e. The summed E-state index contributed by atoms with van der Waals surface area (Å²) in [5.74, 6) is -0.0743. The number of amides is 1. The van der Waals surface area contributed by atoms with Gasteiger partial charge in [-0.1, -0.05) is 28.1 Å². The van der Waals surface area contributed by atoms with E-state index in [1.54, 1.807) is 7.11 Å². The molecule has 0 saturated carbocycles. The van der Waals surface area contributed by atoms with E-state index in [9.17, 15) is 4.79 Å². The van der Waals surface area contributed by atoms with Crippen LogP contribution in [0.4, 0.5) is 5.13 Å². The molecule has 1 N–H and O–H groups in total. The Balaban J connectivity index is 1.96. The molecular weight excluding hydrogens is 364 g/mol. The van der Waals surface area contributed by atoms with Crippen LogP contribution in [0.15, 0.2) is 28.9 Å². The van der Waals surface area contributed by atoms with Crippen LogP contribution in [0.2, 0.25) is 0 Å². The minimum Gasteiger partial charge on any atom is -0.381 e. The molecule has 0 fully saturated rings. The van der Waals surface area contributed by atoms with Gasteiger partial charge in [0.25, 0.3) is 0 Å². The molecule has 0 bridgehead atoms. The van der Waals surface area contributed by atoms with Crippen molar-refractivity contribution in [3.8, 4) is 0 Å². The second-order valence-corrected chi connectivity index (χ2v) is 7.16. The first-order chi connectivity index (χ1) is 10.5. The van der Waals surface area contributed by atoms with Gasteiger partial charge in [0.05, 0.1) is 12.5 Å². The predicted molar refractivity (Wildman–Crippen MR) is 93.5 cm³/mol. The summed E-state index contributed by atoms with van der Waals surface area (Å²) in [6.07, 6.45) is 2.87. The van der Waals surface area contributed by atoms with Crippen molar-refractivity contribution in [3.05, 3.63) is 44.9 Å². The molecule has 118 valence electrons. The number of hydrogen-bond donors (Lipinski definition) is 1. The van der Waals surface area contributed by atoms with Crippen molar-refractivity contribution in [2.45, 2.75) is 32.8 Å². The zero-order valence-corrected chi connectivity index (χ0v) is 15.3. The van der Waals surface area contributed by atoms with Crippen LogP contribution in [0.1, 0.15) is 29.3 Å². The minimum absolute atomic E-state index is 0.0743. The van der Waals surface area contributed by atoms with Crippen molar-refractivity contribution in [1.82, 2.24) is 4.98 Å². The summed E-state index contributed by atoms with van der Waals surface area (Å²) in [4.78, 5) is 17.2. The van der Waals surface area contributed by atoms with Crippen LogP contribution in [0, 0.1) is 6.92 Å². The number of thiazole rings is 1. The topological polar surface area (TPSA) is 51.2 Å². The Hall–Kier alpha value is -1.24. The van der Waals surface area contributed by atoms with E-state index in [0.717, 1.165) is 15.8 Å². The lowest BCUT2D eigenvalue weighted by Gasteiger charge is -2.07. The zero-order valence-electron chi connectivity index (χ0n) is 12.9. The molecule has 0 radical (unpaired) electrons. The van der Waals surface area contributed by atoms with E-state index >= 15 is 0 Å². The number of methoxy groups -OCH3 is 1. The molecule has 4 nitrogen and oxygen atoms in total. The molecule has 1 atom stereocenters. The summed E-state index contributed by atoms with van der Waals surface area (Å²) in [6, 6.07) is 6.30. The van der Waals surface area contributed by atoms with Crippen molar-refractivity contribution in [2.75, 3.05) is 12.4 Å². The highest BCUT2D eigenvalue weighted by Crippen LogP contribution is 2.24. The van der Waals surface area contributed by atoms with Gasteiger partial charge in [-0.05, 0) is 31.0 Å². The Morgan fingerprint density at radius 1 is 1.50 bits per heavy atom. The number of aryl methyl sites for hydroxylation is 1. The summed E-state index contributed by atoms with van der Waals surface area (Å²) in [5.41, 5.74) is 2.44. The maximum Gasteiger partial charge on any atom is 0.228 e. The normalized spacial score (nSPS) is 12.2. The van der Waals surface area contributed by atoms with E-state index in [2.05, 4.69) is 51.4 Å². The van der Waals surface area contributed by atoms with Crippen LogP contribution < -0.4 is 5.32 Å². The summed E-state index contributed by atoms with van der Waals surface area (Å²) in [6.45, 7) is 3.94. The molecule has 2 rings (SSSR count). The molecule has 0 aliphatic heterocycles. The van der Waals surface area contributed by atoms with Crippen molar-refractivity contribution in [2.24, 2.45) is 0 Å². The fraction of sp³-hybridized carbons (Fsp3) is 0.375. The third-order valence-electron chi connectivity index (χ3n) is 3.28. The number of halogens is 1. The number of rotatable bonds is 6.